The zero-order valence-corrected chi connectivity index (χ0v) is 12.2. The summed E-state index contributed by atoms with van der Waals surface area (Å²) in [5.41, 5.74) is 3.51. The van der Waals surface area contributed by atoms with Gasteiger partial charge in [0.1, 0.15) is 0 Å². The molecule has 1 N–H and O–H groups in total. The van der Waals surface area contributed by atoms with Gasteiger partial charge in [-0.05, 0) is 12.0 Å². The van der Waals surface area contributed by atoms with Crippen molar-refractivity contribution < 1.29 is 9.26 Å². The largest absolute Gasteiger partial charge is 0.383 e. The first kappa shape index (κ1) is 14.8. The molecule has 0 saturated heterocycles. The van der Waals surface area contributed by atoms with Gasteiger partial charge in [0.15, 0.2) is 5.76 Å². The molecule has 0 spiro atoms. The van der Waals surface area contributed by atoms with Crippen LogP contribution in [-0.2, 0) is 17.7 Å². The topological polar surface area (TPSA) is 47.3 Å². The van der Waals surface area contributed by atoms with Crippen LogP contribution in [0.4, 0.5) is 0 Å². The van der Waals surface area contributed by atoms with Crippen molar-refractivity contribution in [3.8, 4) is 11.3 Å². The molecule has 4 heteroatoms. The lowest BCUT2D eigenvalue weighted by Crippen LogP contribution is -2.18. The second kappa shape index (κ2) is 7.82. The molecule has 108 valence electrons. The van der Waals surface area contributed by atoms with Gasteiger partial charge in [-0.25, -0.2) is 0 Å². The SMILES string of the molecule is CCCc1ccc(-c2oncc2CNCCOC)cc1. The Balaban J connectivity index is 2.03. The zero-order valence-electron chi connectivity index (χ0n) is 12.2. The molecule has 20 heavy (non-hydrogen) atoms. The van der Waals surface area contributed by atoms with Crippen molar-refractivity contribution in [2.45, 2.75) is 26.3 Å². The van der Waals surface area contributed by atoms with E-state index in [4.69, 9.17) is 9.26 Å². The molecule has 0 aliphatic rings. The summed E-state index contributed by atoms with van der Waals surface area (Å²) in [6.45, 7) is 4.44. The minimum atomic E-state index is 0.701. The van der Waals surface area contributed by atoms with E-state index in [0.29, 0.717) is 6.61 Å². The standard InChI is InChI=1S/C16H22N2O2/c1-3-4-13-5-7-14(8-6-13)16-15(12-18-20-16)11-17-9-10-19-2/h5-8,12,17H,3-4,9-11H2,1-2H3. The van der Waals surface area contributed by atoms with E-state index >= 15 is 0 Å². The number of benzene rings is 1. The molecule has 0 unspecified atom stereocenters. The van der Waals surface area contributed by atoms with Crippen molar-refractivity contribution in [2.24, 2.45) is 0 Å². The van der Waals surface area contributed by atoms with Crippen LogP contribution >= 0.6 is 0 Å². The Bertz CT molecular complexity index is 505. The molecule has 1 heterocycles. The number of hydrogen-bond donors (Lipinski definition) is 1. The maximum Gasteiger partial charge on any atom is 0.171 e. The Hall–Kier alpha value is -1.65. The molecular formula is C16H22N2O2. The Morgan fingerprint density at radius 2 is 2.05 bits per heavy atom. The molecule has 0 bridgehead atoms. The summed E-state index contributed by atoms with van der Waals surface area (Å²) < 4.78 is 10.4. The average molecular weight is 274 g/mol. The molecular weight excluding hydrogens is 252 g/mol. The highest BCUT2D eigenvalue weighted by Gasteiger charge is 2.10. The Labute approximate surface area is 120 Å². The third-order valence-electron chi connectivity index (χ3n) is 3.20. The van der Waals surface area contributed by atoms with Crippen LogP contribution in [0, 0.1) is 0 Å². The fourth-order valence-corrected chi connectivity index (χ4v) is 2.13. The summed E-state index contributed by atoms with van der Waals surface area (Å²) in [4.78, 5) is 0. The number of rotatable bonds is 8. The van der Waals surface area contributed by atoms with Gasteiger partial charge in [-0.3, -0.25) is 0 Å². The van der Waals surface area contributed by atoms with E-state index in [0.717, 1.165) is 42.8 Å². The third kappa shape index (κ3) is 3.92. The molecule has 1 aromatic carbocycles. The first-order valence-electron chi connectivity index (χ1n) is 7.07. The Kier molecular flexibility index (Phi) is 5.77. The first-order valence-corrected chi connectivity index (χ1v) is 7.07. The molecule has 0 saturated carbocycles. The van der Waals surface area contributed by atoms with E-state index in [1.54, 1.807) is 13.3 Å². The molecule has 1 aromatic heterocycles. The van der Waals surface area contributed by atoms with Crippen LogP contribution in [-0.4, -0.2) is 25.4 Å². The van der Waals surface area contributed by atoms with Crippen molar-refractivity contribution in [3.05, 3.63) is 41.6 Å². The van der Waals surface area contributed by atoms with Gasteiger partial charge in [-0.15, -0.1) is 0 Å². The fourth-order valence-electron chi connectivity index (χ4n) is 2.13. The number of aryl methyl sites for hydroxylation is 1. The van der Waals surface area contributed by atoms with Gasteiger partial charge in [0.2, 0.25) is 0 Å². The minimum Gasteiger partial charge on any atom is -0.383 e. The van der Waals surface area contributed by atoms with Gasteiger partial charge in [-0.2, -0.15) is 0 Å². The highest BCUT2D eigenvalue weighted by molar-refractivity contribution is 5.61. The van der Waals surface area contributed by atoms with Crippen molar-refractivity contribution >= 4 is 0 Å². The number of aromatic nitrogens is 1. The number of nitrogens with zero attached hydrogens (tertiary/aromatic N) is 1. The third-order valence-corrected chi connectivity index (χ3v) is 3.20. The number of nitrogens with one attached hydrogen (secondary N) is 1. The second-order valence-electron chi connectivity index (χ2n) is 4.80. The van der Waals surface area contributed by atoms with Gasteiger partial charge >= 0.3 is 0 Å². The predicted octanol–water partition coefficient (Wildman–Crippen LogP) is 3.03. The lowest BCUT2D eigenvalue weighted by atomic mass is 10.0. The molecule has 0 amide bonds. The van der Waals surface area contributed by atoms with Gasteiger partial charge in [-0.1, -0.05) is 42.8 Å². The van der Waals surface area contributed by atoms with Crippen LogP contribution in [0.25, 0.3) is 11.3 Å². The minimum absolute atomic E-state index is 0.701. The maximum atomic E-state index is 5.39. The summed E-state index contributed by atoms with van der Waals surface area (Å²) in [6.07, 6.45) is 4.05. The van der Waals surface area contributed by atoms with Gasteiger partial charge in [0.05, 0.1) is 12.8 Å². The zero-order chi connectivity index (χ0) is 14.2. The van der Waals surface area contributed by atoms with Crippen molar-refractivity contribution in [2.75, 3.05) is 20.3 Å². The maximum absolute atomic E-state index is 5.39. The quantitative estimate of drug-likeness (QED) is 0.752. The highest BCUT2D eigenvalue weighted by atomic mass is 16.5. The normalized spacial score (nSPS) is 10.9. The van der Waals surface area contributed by atoms with Crippen LogP contribution in [0.15, 0.2) is 35.0 Å². The molecule has 0 aliphatic heterocycles. The summed E-state index contributed by atoms with van der Waals surface area (Å²) in [6, 6.07) is 8.52. The van der Waals surface area contributed by atoms with E-state index in [9.17, 15) is 0 Å². The second-order valence-corrected chi connectivity index (χ2v) is 4.80. The van der Waals surface area contributed by atoms with Crippen molar-refractivity contribution in [1.29, 1.82) is 0 Å². The summed E-state index contributed by atoms with van der Waals surface area (Å²) in [7, 11) is 1.70. The molecule has 0 fully saturated rings. The van der Waals surface area contributed by atoms with Gasteiger partial charge < -0.3 is 14.6 Å². The van der Waals surface area contributed by atoms with E-state index in [-0.39, 0.29) is 0 Å². The van der Waals surface area contributed by atoms with Crippen LogP contribution < -0.4 is 5.32 Å². The van der Waals surface area contributed by atoms with Crippen LogP contribution in [0.3, 0.4) is 0 Å². The molecule has 0 radical (unpaired) electrons. The first-order chi connectivity index (χ1) is 9.85. The lowest BCUT2D eigenvalue weighted by Gasteiger charge is -2.05. The number of methoxy groups -OCH3 is 1. The van der Waals surface area contributed by atoms with Gasteiger partial charge in [0.25, 0.3) is 0 Å². The predicted molar refractivity (Wildman–Crippen MR) is 79.5 cm³/mol. The van der Waals surface area contributed by atoms with Crippen molar-refractivity contribution in [1.82, 2.24) is 10.5 Å². The summed E-state index contributed by atoms with van der Waals surface area (Å²) in [5.74, 6) is 0.845. The fraction of sp³-hybridized carbons (Fsp3) is 0.438. The van der Waals surface area contributed by atoms with E-state index in [1.807, 2.05) is 0 Å². The van der Waals surface area contributed by atoms with E-state index < -0.39 is 0 Å². The monoisotopic (exact) mass is 274 g/mol. The number of hydrogen-bond acceptors (Lipinski definition) is 4. The highest BCUT2D eigenvalue weighted by Crippen LogP contribution is 2.24. The van der Waals surface area contributed by atoms with Gasteiger partial charge in [0, 0.05) is 31.3 Å². The summed E-state index contributed by atoms with van der Waals surface area (Å²) in [5, 5.41) is 7.22. The van der Waals surface area contributed by atoms with Crippen molar-refractivity contribution in [3.63, 3.8) is 0 Å². The molecule has 2 aromatic rings. The summed E-state index contributed by atoms with van der Waals surface area (Å²) >= 11 is 0. The molecule has 0 aliphatic carbocycles. The van der Waals surface area contributed by atoms with Crippen LogP contribution in [0.5, 0.6) is 0 Å². The van der Waals surface area contributed by atoms with Crippen LogP contribution in [0.2, 0.25) is 0 Å². The van der Waals surface area contributed by atoms with Crippen LogP contribution in [0.1, 0.15) is 24.5 Å². The lowest BCUT2D eigenvalue weighted by molar-refractivity contribution is 0.199. The smallest absolute Gasteiger partial charge is 0.171 e. The van der Waals surface area contributed by atoms with E-state index in [2.05, 4.69) is 41.7 Å². The molecule has 2 rings (SSSR count). The Morgan fingerprint density at radius 1 is 1.25 bits per heavy atom. The molecule has 0 atom stereocenters. The van der Waals surface area contributed by atoms with E-state index in [1.165, 1.54) is 5.56 Å². The average Bonchev–Trinajstić information content (AvgIpc) is 2.93. The molecule has 4 nitrogen and oxygen atoms in total. The Morgan fingerprint density at radius 3 is 2.75 bits per heavy atom. The number of ether oxygens (including phenoxy) is 1.